The maximum absolute atomic E-state index is 15.3. The number of aliphatic hydroxyl groups is 1. The van der Waals surface area contributed by atoms with Crippen molar-refractivity contribution >= 4 is 48.0 Å². The predicted molar refractivity (Wildman–Crippen MR) is 232 cm³/mol. The fourth-order valence-electron chi connectivity index (χ4n) is 9.53. The lowest BCUT2D eigenvalue weighted by Crippen LogP contribution is -2.52. The topological polar surface area (TPSA) is 109 Å². The van der Waals surface area contributed by atoms with Crippen LogP contribution < -0.4 is 24.5 Å². The van der Waals surface area contributed by atoms with Gasteiger partial charge < -0.3 is 29.1 Å². The van der Waals surface area contributed by atoms with Gasteiger partial charge in [-0.3, -0.25) is 19.3 Å². The third-order valence-electron chi connectivity index (χ3n) is 12.4. The highest BCUT2D eigenvalue weighted by molar-refractivity contribution is 6.91. The zero-order valence-corrected chi connectivity index (χ0v) is 34.8. The van der Waals surface area contributed by atoms with E-state index >= 15 is 4.79 Å². The molecule has 8 rings (SSSR count). The molecule has 302 valence electrons. The Bertz CT molecular complexity index is 2400. The van der Waals surface area contributed by atoms with Crippen LogP contribution in [0.3, 0.4) is 0 Å². The highest BCUT2D eigenvalue weighted by Gasteiger charge is 2.66. The molecular weight excluding hydrogens is 759 g/mol. The zero-order valence-electron chi connectivity index (χ0n) is 33.8. The Morgan fingerprint density at radius 1 is 0.915 bits per heavy atom. The van der Waals surface area contributed by atoms with Crippen molar-refractivity contribution in [1.82, 2.24) is 4.90 Å². The first-order valence-electron chi connectivity index (χ1n) is 20.1. The van der Waals surface area contributed by atoms with Crippen molar-refractivity contribution in [2.45, 2.75) is 50.2 Å². The molecule has 59 heavy (non-hydrogen) atoms. The molecule has 3 heterocycles. The van der Waals surface area contributed by atoms with Crippen LogP contribution in [0.15, 0.2) is 134 Å². The first kappa shape index (κ1) is 39.8. The van der Waals surface area contributed by atoms with Gasteiger partial charge in [-0.25, -0.2) is 0 Å². The number of anilines is 3. The number of nitrogens with zero attached hydrogens (tertiary/aromatic N) is 3. The largest absolute Gasteiger partial charge is 0.497 e. The van der Waals surface area contributed by atoms with Gasteiger partial charge in [0.05, 0.1) is 51.3 Å². The summed E-state index contributed by atoms with van der Waals surface area (Å²) in [5, 5.41) is 11.2. The maximum atomic E-state index is 15.3. The van der Waals surface area contributed by atoms with E-state index in [0.717, 1.165) is 16.5 Å². The van der Waals surface area contributed by atoms with Crippen LogP contribution in [0.2, 0.25) is 18.6 Å². The van der Waals surface area contributed by atoms with Crippen molar-refractivity contribution in [3.8, 4) is 17.2 Å². The van der Waals surface area contributed by atoms with Gasteiger partial charge in [0.15, 0.2) is 11.4 Å². The normalized spacial score (nSPS) is 20.7. The molecule has 3 aliphatic heterocycles. The molecule has 1 fully saturated rings. The number of para-hydroxylation sites is 3. The molecule has 0 aliphatic carbocycles. The molecule has 4 atom stereocenters. The van der Waals surface area contributed by atoms with E-state index < -0.39 is 25.7 Å². The Morgan fingerprint density at radius 2 is 1.61 bits per heavy atom. The van der Waals surface area contributed by atoms with Crippen LogP contribution in [-0.2, 0) is 26.5 Å². The summed E-state index contributed by atoms with van der Waals surface area (Å²) in [5.41, 5.74) is 2.04. The summed E-state index contributed by atoms with van der Waals surface area (Å²) in [6.45, 7) is 11.1. The minimum atomic E-state index is -2.61. The summed E-state index contributed by atoms with van der Waals surface area (Å²) in [7, 11) is -0.972. The number of fused-ring (bicyclic) bond motifs is 4. The fourth-order valence-corrected chi connectivity index (χ4v) is 13.5. The number of carbonyl (C=O) groups excluding carboxylic acids is 3. The monoisotopic (exact) mass is 807 g/mol. The second-order valence-corrected chi connectivity index (χ2v) is 20.7. The van der Waals surface area contributed by atoms with E-state index in [9.17, 15) is 14.7 Å². The Labute approximate surface area is 346 Å². The van der Waals surface area contributed by atoms with E-state index in [2.05, 4.69) is 38.7 Å². The minimum absolute atomic E-state index is 0.00600. The number of methoxy groups -OCH3 is 1. The van der Waals surface area contributed by atoms with Crippen molar-refractivity contribution in [3.63, 3.8) is 0 Å². The number of rotatable bonds is 12. The molecule has 1 N–H and O–H groups in total. The van der Waals surface area contributed by atoms with Gasteiger partial charge in [-0.1, -0.05) is 98.0 Å². The molecular formula is C48H49N3O7Si. The van der Waals surface area contributed by atoms with Gasteiger partial charge in [0.2, 0.25) is 5.91 Å². The van der Waals surface area contributed by atoms with E-state index in [1.807, 2.05) is 97.1 Å². The number of carbonyl (C=O) groups is 3. The lowest BCUT2D eigenvalue weighted by molar-refractivity contribution is -0.149. The van der Waals surface area contributed by atoms with E-state index in [1.165, 1.54) is 0 Å². The average molecular weight is 808 g/mol. The molecule has 0 radical (unpaired) electrons. The number of hydrogen-bond acceptors (Lipinski definition) is 7. The van der Waals surface area contributed by atoms with Crippen LogP contribution in [0.1, 0.15) is 34.8 Å². The van der Waals surface area contributed by atoms with E-state index in [4.69, 9.17) is 14.2 Å². The number of benzene rings is 5. The van der Waals surface area contributed by atoms with Gasteiger partial charge >= 0.3 is 0 Å². The predicted octanol–water partition coefficient (Wildman–Crippen LogP) is 7.94. The van der Waals surface area contributed by atoms with Gasteiger partial charge in [0.1, 0.15) is 11.5 Å². The zero-order chi connectivity index (χ0) is 41.5. The van der Waals surface area contributed by atoms with Gasteiger partial charge in [-0.15, -0.1) is 6.58 Å². The maximum Gasteiger partial charge on any atom is 0.266 e. The summed E-state index contributed by atoms with van der Waals surface area (Å²) >= 11 is 0. The summed E-state index contributed by atoms with van der Waals surface area (Å²) in [4.78, 5) is 49.4. The number of aliphatic hydroxyl groups excluding tert-OH is 1. The Morgan fingerprint density at radius 3 is 2.32 bits per heavy atom. The smallest absolute Gasteiger partial charge is 0.266 e. The Kier molecular flexibility index (Phi) is 10.8. The van der Waals surface area contributed by atoms with Crippen LogP contribution >= 0.6 is 0 Å². The standard InChI is InChI=1S/C48H49N3O7Si/c1-6-26-50-39-25-20-34(51-40-17-11-13-19-42(40)57-41-18-12-10-16-37(41)46(51)54)29-38(39)48(47(50)55)32(2)45(59(4,5)36-23-21-35(56-3)22-24-36)43(58-48)30-44(53)49(27-28-52)31-33-14-8-7-9-15-33/h6-25,29,32,43,45,52H,1,26-28,30-31H2,2-5H3/t32-,43+,45-,48+/m0/s1. The lowest BCUT2D eigenvalue weighted by atomic mass is 9.82. The van der Waals surface area contributed by atoms with Crippen LogP contribution in [0.5, 0.6) is 17.2 Å². The first-order valence-corrected chi connectivity index (χ1v) is 23.1. The van der Waals surface area contributed by atoms with E-state index in [1.54, 1.807) is 40.0 Å². The van der Waals surface area contributed by atoms with E-state index in [0.29, 0.717) is 46.2 Å². The molecule has 0 saturated carbocycles. The molecule has 0 unspecified atom stereocenters. The van der Waals surface area contributed by atoms with Crippen LogP contribution in [-0.4, -0.2) is 68.7 Å². The van der Waals surface area contributed by atoms with Crippen LogP contribution in [0, 0.1) is 5.92 Å². The molecule has 0 bridgehead atoms. The van der Waals surface area contributed by atoms with Gasteiger partial charge in [-0.2, -0.15) is 0 Å². The molecule has 0 aromatic heterocycles. The van der Waals surface area contributed by atoms with Crippen molar-refractivity contribution in [1.29, 1.82) is 0 Å². The van der Waals surface area contributed by atoms with Crippen LogP contribution in [0.4, 0.5) is 17.1 Å². The average Bonchev–Trinajstić information content (AvgIpc) is 3.62. The fraction of sp³-hybridized carbons (Fsp3) is 0.271. The number of amides is 3. The number of ether oxygens (including phenoxy) is 3. The highest BCUT2D eigenvalue weighted by Crippen LogP contribution is 2.61. The van der Waals surface area contributed by atoms with Gasteiger partial charge in [0.25, 0.3) is 11.8 Å². The molecule has 3 amide bonds. The van der Waals surface area contributed by atoms with E-state index in [-0.39, 0.29) is 49.4 Å². The first-order chi connectivity index (χ1) is 28.5. The highest BCUT2D eigenvalue weighted by atomic mass is 28.3. The van der Waals surface area contributed by atoms with Gasteiger partial charge in [-0.05, 0) is 65.7 Å². The number of hydrogen-bond donors (Lipinski definition) is 1. The minimum Gasteiger partial charge on any atom is -0.497 e. The molecule has 1 spiro atoms. The summed E-state index contributed by atoms with van der Waals surface area (Å²) < 4.78 is 19.1. The van der Waals surface area contributed by atoms with Gasteiger partial charge in [0, 0.05) is 36.8 Å². The third-order valence-corrected chi connectivity index (χ3v) is 16.7. The van der Waals surface area contributed by atoms with Crippen molar-refractivity contribution < 1.29 is 33.7 Å². The lowest BCUT2D eigenvalue weighted by Gasteiger charge is -2.37. The third kappa shape index (κ3) is 6.82. The molecule has 5 aromatic rings. The quantitative estimate of drug-likeness (QED) is 0.101. The van der Waals surface area contributed by atoms with Crippen LogP contribution in [0.25, 0.3) is 0 Å². The molecule has 1 saturated heterocycles. The molecule has 11 heteroatoms. The molecule has 10 nitrogen and oxygen atoms in total. The summed E-state index contributed by atoms with van der Waals surface area (Å²) in [6.07, 6.45) is 1.04. The second kappa shape index (κ2) is 16.0. The SMILES string of the molecule is C=CCN1C(=O)[C@]2(O[C@H](CC(=O)N(CCO)Cc3ccccc3)[C@@H]([Si](C)(C)c3ccc(OC)cc3)[C@@H]2C)c2cc(N3C(=O)c4ccccc4Oc4ccccc43)ccc21. The summed E-state index contributed by atoms with van der Waals surface area (Å²) in [6, 6.07) is 38.0. The Hall–Kier alpha value is -6.01. The molecule has 5 aromatic carbocycles. The Balaban J connectivity index is 1.27. The van der Waals surface area contributed by atoms with Crippen molar-refractivity contribution in [2.24, 2.45) is 5.92 Å². The second-order valence-electron chi connectivity index (χ2n) is 16.0. The molecule has 3 aliphatic rings. The van der Waals surface area contributed by atoms with Crippen molar-refractivity contribution in [3.05, 3.63) is 151 Å². The summed E-state index contributed by atoms with van der Waals surface area (Å²) in [5.74, 6) is 0.626. The van der Waals surface area contributed by atoms with Crippen molar-refractivity contribution in [2.75, 3.05) is 36.6 Å².